The molecule has 1 aromatic heterocycles. The summed E-state index contributed by atoms with van der Waals surface area (Å²) in [5, 5.41) is 0. The van der Waals surface area contributed by atoms with Crippen molar-refractivity contribution in [3.05, 3.63) is 53.6 Å². The predicted octanol–water partition coefficient (Wildman–Crippen LogP) is 15.7. The lowest BCUT2D eigenvalue weighted by Crippen LogP contribution is -2.03. The summed E-state index contributed by atoms with van der Waals surface area (Å²) in [5.41, 5.74) is 2.77. The smallest absolute Gasteiger partial charge is 0.108 e. The molecule has 0 amide bonds. The Labute approximate surface area is 307 Å². The molecular weight excluding hydrogens is 593 g/mol. The summed E-state index contributed by atoms with van der Waals surface area (Å²) in [6.07, 6.45) is 51.4. The molecule has 0 saturated heterocycles. The van der Waals surface area contributed by atoms with Gasteiger partial charge in [0.25, 0.3) is 0 Å². The van der Waals surface area contributed by atoms with E-state index in [1.165, 1.54) is 223 Å². The Balaban J connectivity index is 1.55. The molecule has 0 spiro atoms. The molecule has 0 saturated carbocycles. The SMILES string of the molecule is CCCCCCCCCCCCCCCCCCc1nc(CCCc2ccccc2)cn1CCCCCCCCCCCCCCCCC. The van der Waals surface area contributed by atoms with Gasteiger partial charge in [0.15, 0.2) is 0 Å². The van der Waals surface area contributed by atoms with Gasteiger partial charge in [-0.1, -0.05) is 230 Å². The van der Waals surface area contributed by atoms with Gasteiger partial charge >= 0.3 is 0 Å². The van der Waals surface area contributed by atoms with E-state index in [1.807, 2.05) is 0 Å². The van der Waals surface area contributed by atoms with Crippen LogP contribution < -0.4 is 0 Å². The molecule has 0 bridgehead atoms. The normalized spacial score (nSPS) is 11.6. The van der Waals surface area contributed by atoms with Gasteiger partial charge in [0, 0.05) is 19.2 Å². The number of benzene rings is 1. The lowest BCUT2D eigenvalue weighted by atomic mass is 10.0. The summed E-state index contributed by atoms with van der Waals surface area (Å²) in [7, 11) is 0. The maximum atomic E-state index is 5.20. The van der Waals surface area contributed by atoms with E-state index in [4.69, 9.17) is 4.98 Å². The molecule has 0 aliphatic rings. The van der Waals surface area contributed by atoms with E-state index in [-0.39, 0.29) is 0 Å². The first-order valence-electron chi connectivity index (χ1n) is 22.4. The molecule has 0 aliphatic carbocycles. The topological polar surface area (TPSA) is 17.8 Å². The molecule has 1 heterocycles. The monoisotopic (exact) mass is 677 g/mol. The molecule has 0 radical (unpaired) electrons. The molecule has 2 nitrogen and oxygen atoms in total. The van der Waals surface area contributed by atoms with Crippen LogP contribution in [0.15, 0.2) is 36.5 Å². The minimum Gasteiger partial charge on any atom is -0.335 e. The molecule has 0 unspecified atom stereocenters. The van der Waals surface area contributed by atoms with E-state index in [2.05, 4.69) is 54.9 Å². The fourth-order valence-electron chi connectivity index (χ4n) is 7.63. The van der Waals surface area contributed by atoms with Crippen LogP contribution in [0.5, 0.6) is 0 Å². The largest absolute Gasteiger partial charge is 0.335 e. The standard InChI is InChI=1S/C47H84N2/c1-3-5-7-9-11-13-15-17-19-20-22-24-26-28-30-35-42-47-48-46(41-37-40-45-38-33-32-34-39-45)44-49(47)43-36-31-29-27-25-23-21-18-16-14-12-10-8-6-4-2/h32-34,38-39,44H,3-31,35-37,40-43H2,1-2H3. The van der Waals surface area contributed by atoms with Gasteiger partial charge in [0.05, 0.1) is 5.69 Å². The van der Waals surface area contributed by atoms with Crippen LogP contribution in [0.4, 0.5) is 0 Å². The number of rotatable bonds is 37. The molecule has 0 N–H and O–H groups in total. The van der Waals surface area contributed by atoms with Crippen molar-refractivity contribution >= 4 is 0 Å². The van der Waals surface area contributed by atoms with Crippen molar-refractivity contribution in [2.45, 2.75) is 245 Å². The molecule has 0 aliphatic heterocycles. The number of hydrogen-bond donors (Lipinski definition) is 0. The van der Waals surface area contributed by atoms with Gasteiger partial charge in [-0.05, 0) is 37.7 Å². The third-order valence-electron chi connectivity index (χ3n) is 10.9. The number of hydrogen-bond acceptors (Lipinski definition) is 1. The highest BCUT2D eigenvalue weighted by atomic mass is 15.1. The Bertz CT molecular complexity index is 931. The molecule has 1 aromatic carbocycles. The van der Waals surface area contributed by atoms with E-state index < -0.39 is 0 Å². The summed E-state index contributed by atoms with van der Waals surface area (Å²) in [6, 6.07) is 11.0. The highest BCUT2D eigenvalue weighted by Gasteiger charge is 2.09. The van der Waals surface area contributed by atoms with Gasteiger partial charge in [0.2, 0.25) is 0 Å². The zero-order valence-electron chi connectivity index (χ0n) is 33.3. The van der Waals surface area contributed by atoms with Crippen LogP contribution in [0.1, 0.15) is 236 Å². The van der Waals surface area contributed by atoms with Crippen LogP contribution in [0.25, 0.3) is 0 Å². The van der Waals surface area contributed by atoms with Crippen molar-refractivity contribution in [2.75, 3.05) is 0 Å². The molecular formula is C47H84N2. The molecule has 2 rings (SSSR count). The van der Waals surface area contributed by atoms with Crippen LogP contribution in [0, 0.1) is 0 Å². The lowest BCUT2D eigenvalue weighted by molar-refractivity contribution is 0.513. The second-order valence-corrected chi connectivity index (χ2v) is 15.7. The molecule has 282 valence electrons. The zero-order chi connectivity index (χ0) is 34.7. The Kier molecular flexibility index (Phi) is 29.9. The highest BCUT2D eigenvalue weighted by Crippen LogP contribution is 2.18. The Morgan fingerprint density at radius 2 is 0.776 bits per heavy atom. The van der Waals surface area contributed by atoms with E-state index in [0.717, 1.165) is 25.8 Å². The highest BCUT2D eigenvalue weighted by molar-refractivity contribution is 5.15. The van der Waals surface area contributed by atoms with Crippen molar-refractivity contribution in [3.63, 3.8) is 0 Å². The molecule has 0 fully saturated rings. The van der Waals surface area contributed by atoms with E-state index in [1.54, 1.807) is 0 Å². The van der Waals surface area contributed by atoms with Gasteiger partial charge in [-0.2, -0.15) is 0 Å². The fourth-order valence-corrected chi connectivity index (χ4v) is 7.63. The van der Waals surface area contributed by atoms with Gasteiger partial charge < -0.3 is 4.57 Å². The minimum atomic E-state index is 1.10. The third-order valence-corrected chi connectivity index (χ3v) is 10.9. The first-order valence-corrected chi connectivity index (χ1v) is 22.4. The number of imidazole rings is 1. The van der Waals surface area contributed by atoms with Crippen LogP contribution >= 0.6 is 0 Å². The summed E-state index contributed by atoms with van der Waals surface area (Å²) in [5.74, 6) is 1.37. The Morgan fingerprint density at radius 1 is 0.388 bits per heavy atom. The molecule has 49 heavy (non-hydrogen) atoms. The van der Waals surface area contributed by atoms with Crippen LogP contribution in [0.2, 0.25) is 0 Å². The van der Waals surface area contributed by atoms with Gasteiger partial charge in [-0.15, -0.1) is 0 Å². The first-order chi connectivity index (χ1) is 24.3. The van der Waals surface area contributed by atoms with Crippen molar-refractivity contribution in [2.24, 2.45) is 0 Å². The van der Waals surface area contributed by atoms with Crippen LogP contribution in [0.3, 0.4) is 0 Å². The summed E-state index contributed by atoms with van der Waals surface area (Å²) < 4.78 is 2.55. The minimum absolute atomic E-state index is 1.10. The van der Waals surface area contributed by atoms with E-state index in [0.29, 0.717) is 0 Å². The quantitative estimate of drug-likeness (QED) is 0.0651. The summed E-state index contributed by atoms with van der Waals surface area (Å²) in [4.78, 5) is 5.20. The summed E-state index contributed by atoms with van der Waals surface area (Å²) in [6.45, 7) is 5.78. The fraction of sp³-hybridized carbons (Fsp3) is 0.809. The molecule has 0 atom stereocenters. The Morgan fingerprint density at radius 3 is 1.20 bits per heavy atom. The number of aromatic nitrogens is 2. The first kappa shape index (κ1) is 43.6. The van der Waals surface area contributed by atoms with Crippen LogP contribution in [-0.2, 0) is 25.8 Å². The second kappa shape index (κ2) is 33.6. The number of unbranched alkanes of at least 4 members (excludes halogenated alkanes) is 29. The maximum Gasteiger partial charge on any atom is 0.108 e. The third kappa shape index (κ3) is 26.0. The van der Waals surface area contributed by atoms with E-state index >= 15 is 0 Å². The Hall–Kier alpha value is -1.57. The summed E-state index contributed by atoms with van der Waals surface area (Å²) >= 11 is 0. The maximum absolute atomic E-state index is 5.20. The average molecular weight is 677 g/mol. The van der Waals surface area contributed by atoms with Gasteiger partial charge in [-0.3, -0.25) is 0 Å². The average Bonchev–Trinajstić information content (AvgIpc) is 3.51. The number of nitrogens with zero attached hydrogens (tertiary/aromatic N) is 2. The van der Waals surface area contributed by atoms with Crippen molar-refractivity contribution in [1.29, 1.82) is 0 Å². The van der Waals surface area contributed by atoms with Crippen LogP contribution in [-0.4, -0.2) is 9.55 Å². The second-order valence-electron chi connectivity index (χ2n) is 15.7. The predicted molar refractivity (Wildman–Crippen MR) is 219 cm³/mol. The van der Waals surface area contributed by atoms with Gasteiger partial charge in [-0.25, -0.2) is 4.98 Å². The van der Waals surface area contributed by atoms with Crippen molar-refractivity contribution in [1.82, 2.24) is 9.55 Å². The van der Waals surface area contributed by atoms with E-state index in [9.17, 15) is 0 Å². The zero-order valence-corrected chi connectivity index (χ0v) is 33.3. The molecule has 2 aromatic rings. The van der Waals surface area contributed by atoms with Gasteiger partial charge in [0.1, 0.15) is 5.82 Å². The van der Waals surface area contributed by atoms with Crippen molar-refractivity contribution in [3.8, 4) is 0 Å². The molecule has 2 heteroatoms. The lowest BCUT2D eigenvalue weighted by Gasteiger charge is -2.08. The number of aryl methyl sites for hydroxylation is 4. The van der Waals surface area contributed by atoms with Crippen molar-refractivity contribution < 1.29 is 0 Å².